The molecular formula is C30H27Br2IN4. The zero-order valence-corrected chi connectivity index (χ0v) is 26.4. The Bertz CT molecular complexity index is 1590. The lowest BCUT2D eigenvalue weighted by molar-refractivity contribution is 1.05. The smallest absolute Gasteiger partial charge is 0.100 e. The van der Waals surface area contributed by atoms with Crippen LogP contribution in [0.5, 0.6) is 0 Å². The Kier molecular flexibility index (Phi) is 9.21. The average molecular weight is 730 g/mol. The summed E-state index contributed by atoms with van der Waals surface area (Å²) in [6, 6.07) is 24.7. The first-order valence-electron chi connectivity index (χ1n) is 11.7. The first-order chi connectivity index (χ1) is 17.7. The minimum Gasteiger partial charge on any atom is -0.345 e. The van der Waals surface area contributed by atoms with Gasteiger partial charge in [-0.25, -0.2) is 9.97 Å². The van der Waals surface area contributed by atoms with Crippen LogP contribution in [0.1, 0.15) is 22.3 Å². The second-order valence-corrected chi connectivity index (χ2v) is 11.7. The molecule has 0 fully saturated rings. The highest BCUT2D eigenvalue weighted by Gasteiger charge is 2.10. The Hall–Kier alpha value is -2.49. The first-order valence-corrected chi connectivity index (χ1v) is 14.4. The molecule has 0 aliphatic heterocycles. The molecule has 0 aliphatic carbocycles. The van der Waals surface area contributed by atoms with Gasteiger partial charge in [0.1, 0.15) is 6.33 Å². The summed E-state index contributed by atoms with van der Waals surface area (Å²) in [7, 11) is 0. The maximum atomic E-state index is 4.45. The molecule has 6 aromatic rings. The van der Waals surface area contributed by atoms with E-state index < -0.39 is 0 Å². The summed E-state index contributed by atoms with van der Waals surface area (Å²) in [6.07, 6.45) is 3.60. The molecule has 4 nitrogen and oxygen atoms in total. The van der Waals surface area contributed by atoms with Crippen molar-refractivity contribution >= 4 is 76.5 Å². The molecule has 7 heteroatoms. The van der Waals surface area contributed by atoms with Crippen LogP contribution in [0.4, 0.5) is 0 Å². The number of aryl methyl sites for hydroxylation is 4. The van der Waals surface area contributed by atoms with Crippen LogP contribution in [0, 0.1) is 31.3 Å². The van der Waals surface area contributed by atoms with Crippen LogP contribution in [0.3, 0.4) is 0 Å². The molecule has 0 radical (unpaired) electrons. The van der Waals surface area contributed by atoms with Crippen molar-refractivity contribution in [1.82, 2.24) is 19.5 Å². The van der Waals surface area contributed by atoms with Gasteiger partial charge in [-0.2, -0.15) is 0 Å². The molecule has 188 valence electrons. The van der Waals surface area contributed by atoms with Crippen LogP contribution in [-0.2, 0) is 0 Å². The van der Waals surface area contributed by atoms with Crippen molar-refractivity contribution in [2.75, 3.05) is 0 Å². The highest BCUT2D eigenvalue weighted by Crippen LogP contribution is 2.27. The van der Waals surface area contributed by atoms with Crippen LogP contribution in [0.25, 0.3) is 27.8 Å². The molecule has 2 aromatic heterocycles. The largest absolute Gasteiger partial charge is 0.345 e. The summed E-state index contributed by atoms with van der Waals surface area (Å²) < 4.78 is 5.81. The Labute approximate surface area is 248 Å². The normalized spacial score (nSPS) is 10.6. The fourth-order valence-electron chi connectivity index (χ4n) is 4.19. The number of halogens is 3. The third-order valence-corrected chi connectivity index (χ3v) is 8.50. The highest BCUT2D eigenvalue weighted by atomic mass is 127. The zero-order chi connectivity index (χ0) is 26.5. The van der Waals surface area contributed by atoms with Crippen molar-refractivity contribution in [3.63, 3.8) is 0 Å². The van der Waals surface area contributed by atoms with Crippen molar-refractivity contribution in [3.05, 3.63) is 120 Å². The summed E-state index contributed by atoms with van der Waals surface area (Å²) >= 11 is 9.34. The van der Waals surface area contributed by atoms with Crippen LogP contribution in [0.2, 0.25) is 0 Å². The average Bonchev–Trinajstić information content (AvgIpc) is 3.50. The maximum Gasteiger partial charge on any atom is 0.100 e. The SMILES string of the molecule is Cc1cc(Br)cc(C)c1-n1cnc2ccccc21.Cc1cc(Br)cc(C)c1I.c1ccc2[nH]cnc2c1. The van der Waals surface area contributed by atoms with Crippen LogP contribution >= 0.6 is 54.5 Å². The number of aromatic amines is 1. The number of fused-ring (bicyclic) bond motifs is 2. The second kappa shape index (κ2) is 12.4. The number of nitrogens with zero attached hydrogens (tertiary/aromatic N) is 3. The Balaban J connectivity index is 0.000000142. The number of hydrogen-bond acceptors (Lipinski definition) is 2. The number of nitrogens with one attached hydrogen (secondary N) is 1. The van der Waals surface area contributed by atoms with E-state index in [0.29, 0.717) is 0 Å². The van der Waals surface area contributed by atoms with E-state index in [4.69, 9.17) is 0 Å². The maximum absolute atomic E-state index is 4.45. The fourth-order valence-corrected chi connectivity index (χ4v) is 5.88. The molecule has 0 aliphatic rings. The third kappa shape index (κ3) is 6.69. The number of hydrogen-bond donors (Lipinski definition) is 1. The van der Waals surface area contributed by atoms with Gasteiger partial charge in [-0.1, -0.05) is 56.1 Å². The summed E-state index contributed by atoms with van der Waals surface area (Å²) in [5.74, 6) is 0. The molecule has 1 N–H and O–H groups in total. The first kappa shape index (κ1) is 27.5. The number of benzene rings is 4. The van der Waals surface area contributed by atoms with Gasteiger partial charge in [0.15, 0.2) is 0 Å². The molecular weight excluding hydrogens is 703 g/mol. The highest BCUT2D eigenvalue weighted by molar-refractivity contribution is 14.1. The molecule has 4 aromatic carbocycles. The molecule has 0 atom stereocenters. The van der Waals surface area contributed by atoms with E-state index in [-0.39, 0.29) is 0 Å². The van der Waals surface area contributed by atoms with Gasteiger partial charge in [0.2, 0.25) is 0 Å². The van der Waals surface area contributed by atoms with Crippen molar-refractivity contribution < 1.29 is 0 Å². The lowest BCUT2D eigenvalue weighted by Crippen LogP contribution is -1.98. The quantitative estimate of drug-likeness (QED) is 0.172. The summed E-state index contributed by atoms with van der Waals surface area (Å²) in [4.78, 5) is 11.5. The molecule has 0 amide bonds. The standard InChI is InChI=1S/C15H13BrN2.C8H8BrI.C7H6N2/c1-10-7-12(16)8-11(2)15(10)18-9-17-13-5-3-4-6-14(13)18;1-5-3-7(9)4-6(2)8(5)10;1-2-4-7-6(3-1)8-5-9-7/h3-9H,1-2H3;3-4H,1-2H3;1-5H,(H,8,9). The van der Waals surface area contributed by atoms with E-state index in [1.807, 2.05) is 48.8 Å². The minimum absolute atomic E-state index is 1.03. The van der Waals surface area contributed by atoms with Gasteiger partial charge in [-0.15, -0.1) is 0 Å². The number of para-hydroxylation sites is 4. The summed E-state index contributed by atoms with van der Waals surface area (Å²) in [5, 5.41) is 0. The van der Waals surface area contributed by atoms with Gasteiger partial charge >= 0.3 is 0 Å². The van der Waals surface area contributed by atoms with E-state index in [9.17, 15) is 0 Å². The van der Waals surface area contributed by atoms with Gasteiger partial charge in [-0.05, 0) is 121 Å². The van der Waals surface area contributed by atoms with E-state index >= 15 is 0 Å². The third-order valence-electron chi connectivity index (χ3n) is 5.88. The van der Waals surface area contributed by atoms with Crippen LogP contribution in [0.15, 0.2) is 94.4 Å². The van der Waals surface area contributed by atoms with E-state index in [1.54, 1.807) is 6.33 Å². The Morgan fingerprint density at radius 3 is 1.86 bits per heavy atom. The predicted molar refractivity (Wildman–Crippen MR) is 171 cm³/mol. The Morgan fingerprint density at radius 1 is 0.703 bits per heavy atom. The van der Waals surface area contributed by atoms with E-state index in [2.05, 4.69) is 132 Å². The fraction of sp³-hybridized carbons (Fsp3) is 0.133. The van der Waals surface area contributed by atoms with E-state index in [1.165, 1.54) is 36.0 Å². The molecule has 0 unspecified atom stereocenters. The van der Waals surface area contributed by atoms with Gasteiger partial charge in [0.25, 0.3) is 0 Å². The lowest BCUT2D eigenvalue weighted by atomic mass is 10.1. The Morgan fingerprint density at radius 2 is 1.24 bits per heavy atom. The summed E-state index contributed by atoms with van der Waals surface area (Å²) in [6.45, 7) is 8.50. The lowest BCUT2D eigenvalue weighted by Gasteiger charge is -2.12. The molecule has 0 saturated heterocycles. The van der Waals surface area contributed by atoms with Crippen LogP contribution in [-0.4, -0.2) is 19.5 Å². The van der Waals surface area contributed by atoms with Gasteiger partial charge < -0.3 is 4.98 Å². The van der Waals surface area contributed by atoms with Crippen molar-refractivity contribution in [2.24, 2.45) is 0 Å². The predicted octanol–water partition coefficient (Wildman–Crippen LogP) is 9.64. The monoisotopic (exact) mass is 728 g/mol. The molecule has 37 heavy (non-hydrogen) atoms. The van der Waals surface area contributed by atoms with Gasteiger partial charge in [-0.3, -0.25) is 4.57 Å². The second-order valence-electron chi connectivity index (χ2n) is 8.76. The van der Waals surface area contributed by atoms with Crippen LogP contribution < -0.4 is 0 Å². The molecule has 0 saturated carbocycles. The number of imidazole rings is 2. The number of rotatable bonds is 1. The molecule has 2 heterocycles. The summed E-state index contributed by atoms with van der Waals surface area (Å²) in [5.41, 5.74) is 10.7. The number of H-pyrrole nitrogens is 1. The molecule has 0 spiro atoms. The van der Waals surface area contributed by atoms with Gasteiger partial charge in [0, 0.05) is 12.5 Å². The van der Waals surface area contributed by atoms with Gasteiger partial charge in [0.05, 0.1) is 34.1 Å². The van der Waals surface area contributed by atoms with Crippen molar-refractivity contribution in [3.8, 4) is 5.69 Å². The van der Waals surface area contributed by atoms with Crippen molar-refractivity contribution in [2.45, 2.75) is 27.7 Å². The molecule has 0 bridgehead atoms. The molecule has 6 rings (SSSR count). The zero-order valence-electron chi connectivity index (χ0n) is 21.1. The van der Waals surface area contributed by atoms with E-state index in [0.717, 1.165) is 26.5 Å². The number of aromatic nitrogens is 4. The minimum atomic E-state index is 1.03. The topological polar surface area (TPSA) is 46.5 Å². The van der Waals surface area contributed by atoms with Crippen molar-refractivity contribution in [1.29, 1.82) is 0 Å².